The lowest BCUT2D eigenvalue weighted by Crippen LogP contribution is -2.42. The van der Waals surface area contributed by atoms with Gasteiger partial charge in [-0.3, -0.25) is 4.79 Å². The predicted molar refractivity (Wildman–Crippen MR) is 96.2 cm³/mol. The topological polar surface area (TPSA) is 90.5 Å². The Morgan fingerprint density at radius 3 is 2.12 bits per heavy atom. The SMILES string of the molecule is CCC(C)(C)NC(=O)c1ccc(NC(=O)NC[C@@](C)(O)CC)cc1. The first-order chi connectivity index (χ1) is 11.1. The van der Waals surface area contributed by atoms with Crippen molar-refractivity contribution in [1.82, 2.24) is 10.6 Å². The second-order valence-electron chi connectivity index (χ2n) is 6.93. The van der Waals surface area contributed by atoms with Crippen LogP contribution >= 0.6 is 0 Å². The van der Waals surface area contributed by atoms with Crippen molar-refractivity contribution in [3.8, 4) is 0 Å². The molecule has 0 aliphatic carbocycles. The van der Waals surface area contributed by atoms with Crippen LogP contribution in [0.15, 0.2) is 24.3 Å². The summed E-state index contributed by atoms with van der Waals surface area (Å²) in [6, 6.07) is 6.28. The molecular formula is C18H29N3O3. The molecule has 0 saturated carbocycles. The van der Waals surface area contributed by atoms with E-state index >= 15 is 0 Å². The van der Waals surface area contributed by atoms with Gasteiger partial charge in [-0.25, -0.2) is 4.79 Å². The summed E-state index contributed by atoms with van der Waals surface area (Å²) >= 11 is 0. The number of carbonyl (C=O) groups excluding carboxylic acids is 2. The smallest absolute Gasteiger partial charge is 0.319 e. The first-order valence-corrected chi connectivity index (χ1v) is 8.28. The minimum Gasteiger partial charge on any atom is -0.388 e. The maximum absolute atomic E-state index is 12.2. The van der Waals surface area contributed by atoms with Gasteiger partial charge in [0.15, 0.2) is 0 Å². The van der Waals surface area contributed by atoms with E-state index in [0.29, 0.717) is 17.7 Å². The maximum Gasteiger partial charge on any atom is 0.319 e. The van der Waals surface area contributed by atoms with Crippen LogP contribution in [-0.2, 0) is 0 Å². The fourth-order valence-corrected chi connectivity index (χ4v) is 1.74. The number of hydrogen-bond donors (Lipinski definition) is 4. The number of aliphatic hydroxyl groups is 1. The second-order valence-corrected chi connectivity index (χ2v) is 6.93. The Morgan fingerprint density at radius 2 is 1.62 bits per heavy atom. The summed E-state index contributed by atoms with van der Waals surface area (Å²) in [6.07, 6.45) is 1.38. The number of carbonyl (C=O) groups is 2. The minimum atomic E-state index is -0.925. The predicted octanol–water partition coefficient (Wildman–Crippen LogP) is 2.89. The van der Waals surface area contributed by atoms with Crippen LogP contribution in [0.2, 0.25) is 0 Å². The molecule has 1 aromatic carbocycles. The third-order valence-electron chi connectivity index (χ3n) is 4.13. The summed E-state index contributed by atoms with van der Waals surface area (Å²) in [5.41, 5.74) is -0.0681. The van der Waals surface area contributed by atoms with Gasteiger partial charge in [0.1, 0.15) is 0 Å². The van der Waals surface area contributed by atoms with E-state index in [0.717, 1.165) is 6.42 Å². The molecule has 4 N–H and O–H groups in total. The number of benzene rings is 1. The maximum atomic E-state index is 12.2. The molecule has 0 radical (unpaired) electrons. The van der Waals surface area contributed by atoms with Gasteiger partial charge in [0.2, 0.25) is 0 Å². The van der Waals surface area contributed by atoms with Crippen molar-refractivity contribution in [2.45, 2.75) is 58.6 Å². The van der Waals surface area contributed by atoms with E-state index < -0.39 is 11.6 Å². The molecule has 0 aliphatic rings. The molecule has 6 nitrogen and oxygen atoms in total. The summed E-state index contributed by atoms with van der Waals surface area (Å²) in [4.78, 5) is 24.0. The highest BCUT2D eigenvalue weighted by molar-refractivity contribution is 5.95. The van der Waals surface area contributed by atoms with E-state index in [1.807, 2.05) is 27.7 Å². The normalized spacial score (nSPS) is 13.8. The van der Waals surface area contributed by atoms with Gasteiger partial charge >= 0.3 is 6.03 Å². The van der Waals surface area contributed by atoms with Gasteiger partial charge in [-0.2, -0.15) is 0 Å². The Balaban J connectivity index is 2.59. The third kappa shape index (κ3) is 6.58. The standard InChI is InChI=1S/C18H29N3O3/c1-6-17(3,4)21-15(22)13-8-10-14(11-9-13)20-16(23)19-12-18(5,24)7-2/h8-11,24H,6-7,12H2,1-5H3,(H,21,22)(H2,19,20,23)/t18-/m0/s1. The summed E-state index contributed by atoms with van der Waals surface area (Å²) in [5, 5.41) is 18.1. The molecule has 0 unspecified atom stereocenters. The van der Waals surface area contributed by atoms with Crippen molar-refractivity contribution in [3.63, 3.8) is 0 Å². The molecule has 1 aromatic rings. The number of urea groups is 1. The van der Waals surface area contributed by atoms with Gasteiger partial charge in [-0.1, -0.05) is 13.8 Å². The molecule has 0 fully saturated rings. The molecule has 0 aromatic heterocycles. The Labute approximate surface area is 144 Å². The molecule has 134 valence electrons. The van der Waals surface area contributed by atoms with Crippen LogP contribution in [0.5, 0.6) is 0 Å². The quantitative estimate of drug-likeness (QED) is 0.617. The van der Waals surface area contributed by atoms with Gasteiger partial charge in [0.25, 0.3) is 5.91 Å². The van der Waals surface area contributed by atoms with Gasteiger partial charge in [-0.15, -0.1) is 0 Å². The lowest BCUT2D eigenvalue weighted by molar-refractivity contribution is 0.0587. The van der Waals surface area contributed by atoms with Crippen molar-refractivity contribution >= 4 is 17.6 Å². The Hall–Kier alpha value is -2.08. The van der Waals surface area contributed by atoms with Crippen molar-refractivity contribution in [1.29, 1.82) is 0 Å². The second kappa shape index (κ2) is 8.15. The fourth-order valence-electron chi connectivity index (χ4n) is 1.74. The Kier molecular flexibility index (Phi) is 6.78. The minimum absolute atomic E-state index is 0.142. The molecule has 24 heavy (non-hydrogen) atoms. The van der Waals surface area contributed by atoms with Gasteiger partial charge in [-0.05, 0) is 57.9 Å². The summed E-state index contributed by atoms with van der Waals surface area (Å²) in [6.45, 7) is 9.64. The number of amides is 3. The number of nitrogens with one attached hydrogen (secondary N) is 3. The van der Waals surface area contributed by atoms with Gasteiger partial charge < -0.3 is 21.1 Å². The average molecular weight is 335 g/mol. The molecule has 0 aliphatic heterocycles. The molecule has 1 rings (SSSR count). The highest BCUT2D eigenvalue weighted by Crippen LogP contribution is 2.13. The van der Waals surface area contributed by atoms with E-state index in [2.05, 4.69) is 16.0 Å². The summed E-state index contributed by atoms with van der Waals surface area (Å²) in [5.74, 6) is -0.142. The van der Waals surface area contributed by atoms with Crippen LogP contribution in [0.1, 0.15) is 57.8 Å². The van der Waals surface area contributed by atoms with Crippen LogP contribution in [0.3, 0.4) is 0 Å². The van der Waals surface area contributed by atoms with E-state index in [-0.39, 0.29) is 18.0 Å². The molecule has 1 atom stereocenters. The zero-order valence-corrected chi connectivity index (χ0v) is 15.2. The summed E-state index contributed by atoms with van der Waals surface area (Å²) < 4.78 is 0. The van der Waals surface area contributed by atoms with Gasteiger partial charge in [0.05, 0.1) is 5.60 Å². The van der Waals surface area contributed by atoms with E-state index in [9.17, 15) is 14.7 Å². The lowest BCUT2D eigenvalue weighted by atomic mass is 10.0. The summed E-state index contributed by atoms with van der Waals surface area (Å²) in [7, 11) is 0. The first-order valence-electron chi connectivity index (χ1n) is 8.28. The van der Waals surface area contributed by atoms with Crippen LogP contribution in [0, 0.1) is 0 Å². The van der Waals surface area contributed by atoms with Crippen LogP contribution in [0.4, 0.5) is 10.5 Å². The van der Waals surface area contributed by atoms with Crippen molar-refractivity contribution in [2.24, 2.45) is 0 Å². The van der Waals surface area contributed by atoms with Crippen LogP contribution < -0.4 is 16.0 Å². The van der Waals surface area contributed by atoms with Crippen molar-refractivity contribution in [2.75, 3.05) is 11.9 Å². The molecule has 0 saturated heterocycles. The molecular weight excluding hydrogens is 306 g/mol. The van der Waals surface area contributed by atoms with E-state index in [1.54, 1.807) is 31.2 Å². The lowest BCUT2D eigenvalue weighted by Gasteiger charge is -2.24. The number of anilines is 1. The first kappa shape index (κ1) is 20.0. The van der Waals surface area contributed by atoms with E-state index in [4.69, 9.17) is 0 Å². The zero-order chi connectivity index (χ0) is 18.4. The molecule has 0 spiro atoms. The number of hydrogen-bond acceptors (Lipinski definition) is 3. The zero-order valence-electron chi connectivity index (χ0n) is 15.2. The highest BCUT2D eigenvalue weighted by atomic mass is 16.3. The molecule has 3 amide bonds. The van der Waals surface area contributed by atoms with Crippen molar-refractivity contribution < 1.29 is 14.7 Å². The monoisotopic (exact) mass is 335 g/mol. The Morgan fingerprint density at radius 1 is 1.04 bits per heavy atom. The van der Waals surface area contributed by atoms with E-state index in [1.165, 1.54) is 0 Å². The average Bonchev–Trinajstić information content (AvgIpc) is 2.53. The van der Waals surface area contributed by atoms with Crippen LogP contribution in [-0.4, -0.2) is 34.7 Å². The fraction of sp³-hybridized carbons (Fsp3) is 0.556. The number of rotatable bonds is 7. The molecule has 6 heteroatoms. The highest BCUT2D eigenvalue weighted by Gasteiger charge is 2.19. The Bertz CT molecular complexity index is 565. The van der Waals surface area contributed by atoms with Gasteiger partial charge in [0, 0.05) is 23.3 Å². The third-order valence-corrected chi connectivity index (χ3v) is 4.13. The molecule has 0 heterocycles. The molecule has 0 bridgehead atoms. The largest absolute Gasteiger partial charge is 0.388 e. The van der Waals surface area contributed by atoms with Crippen molar-refractivity contribution in [3.05, 3.63) is 29.8 Å². The van der Waals surface area contributed by atoms with Crippen LogP contribution in [0.25, 0.3) is 0 Å².